The van der Waals surface area contributed by atoms with Crippen molar-refractivity contribution in [3.63, 3.8) is 0 Å². The second kappa shape index (κ2) is 4.98. The Labute approximate surface area is 135 Å². The lowest BCUT2D eigenvalue weighted by Gasteiger charge is -2.26. The van der Waals surface area contributed by atoms with E-state index in [1.165, 1.54) is 16.6 Å². The molecule has 6 heteroatoms. The Hall–Kier alpha value is -2.08. The number of hydrogen-bond acceptors (Lipinski definition) is 2. The summed E-state index contributed by atoms with van der Waals surface area (Å²) in [5.41, 5.74) is 4.92. The minimum atomic E-state index is -0.0350. The summed E-state index contributed by atoms with van der Waals surface area (Å²) in [6.45, 7) is 3.22. The number of aryl methyl sites for hydroxylation is 1. The number of H-pyrrole nitrogens is 2. The number of aromatic nitrogens is 3. The van der Waals surface area contributed by atoms with E-state index in [0.29, 0.717) is 18.8 Å². The number of carbonyl (C=O) groups is 1. The van der Waals surface area contributed by atoms with Crippen molar-refractivity contribution in [3.8, 4) is 0 Å². The van der Waals surface area contributed by atoms with Gasteiger partial charge in [0.2, 0.25) is 0 Å². The van der Waals surface area contributed by atoms with Crippen LogP contribution in [-0.2, 0) is 13.0 Å². The third-order valence-electron chi connectivity index (χ3n) is 4.25. The number of rotatable bonds is 1. The molecule has 0 unspecified atom stereocenters. The Bertz CT molecular complexity index is 880. The van der Waals surface area contributed by atoms with Gasteiger partial charge in [0, 0.05) is 47.4 Å². The van der Waals surface area contributed by atoms with E-state index in [9.17, 15) is 4.79 Å². The van der Waals surface area contributed by atoms with Gasteiger partial charge in [0.15, 0.2) is 5.69 Å². The summed E-state index contributed by atoms with van der Waals surface area (Å²) < 4.78 is 0.752. The molecule has 0 aliphatic carbocycles. The van der Waals surface area contributed by atoms with E-state index < -0.39 is 0 Å². The second-order valence-corrected chi connectivity index (χ2v) is 6.41. The molecule has 0 spiro atoms. The fourth-order valence-corrected chi connectivity index (χ4v) is 3.39. The van der Waals surface area contributed by atoms with Crippen molar-refractivity contribution in [1.29, 1.82) is 0 Å². The molecule has 1 aliphatic rings. The zero-order valence-corrected chi connectivity index (χ0v) is 13.7. The van der Waals surface area contributed by atoms with E-state index in [0.717, 1.165) is 22.1 Å². The molecule has 0 saturated carbocycles. The number of para-hydroxylation sites is 1. The first-order valence-corrected chi connectivity index (χ1v) is 8.02. The van der Waals surface area contributed by atoms with Gasteiger partial charge in [0.1, 0.15) is 0 Å². The highest BCUT2D eigenvalue weighted by molar-refractivity contribution is 9.10. The van der Waals surface area contributed by atoms with E-state index in [2.05, 4.69) is 43.2 Å². The van der Waals surface area contributed by atoms with Crippen molar-refractivity contribution in [2.75, 3.05) is 6.54 Å². The first kappa shape index (κ1) is 13.6. The lowest BCUT2D eigenvalue weighted by Crippen LogP contribution is -2.36. The third kappa shape index (κ3) is 1.98. The van der Waals surface area contributed by atoms with Gasteiger partial charge in [-0.3, -0.25) is 9.89 Å². The van der Waals surface area contributed by atoms with Crippen LogP contribution in [0.4, 0.5) is 0 Å². The molecule has 0 fully saturated rings. The molecule has 0 radical (unpaired) electrons. The summed E-state index contributed by atoms with van der Waals surface area (Å²) in [7, 11) is 0. The standard InChI is InChI=1S/C16H15BrN4O/c1-9-14(17)15(20-19-9)16(22)21-7-6-13-11(8-21)10-4-2-3-5-12(10)18-13/h2-5,18H,6-8H2,1H3,(H,19,20). The maximum atomic E-state index is 12.7. The van der Waals surface area contributed by atoms with Crippen LogP contribution in [0.3, 0.4) is 0 Å². The highest BCUT2D eigenvalue weighted by atomic mass is 79.9. The van der Waals surface area contributed by atoms with E-state index >= 15 is 0 Å². The van der Waals surface area contributed by atoms with E-state index in [1.54, 1.807) is 0 Å². The molecular formula is C16H15BrN4O. The Balaban J connectivity index is 1.69. The molecule has 112 valence electrons. The number of carbonyl (C=O) groups excluding carboxylic acids is 1. The molecular weight excluding hydrogens is 344 g/mol. The molecule has 0 bridgehead atoms. The lowest BCUT2D eigenvalue weighted by molar-refractivity contribution is 0.0728. The van der Waals surface area contributed by atoms with Crippen molar-refractivity contribution >= 4 is 32.7 Å². The predicted octanol–water partition coefficient (Wildman–Crippen LogP) is 3.16. The van der Waals surface area contributed by atoms with E-state index in [-0.39, 0.29) is 5.91 Å². The molecule has 1 aromatic carbocycles. The average Bonchev–Trinajstić information content (AvgIpc) is 3.07. The normalized spacial score (nSPS) is 14.4. The molecule has 3 aromatic rings. The number of amides is 1. The van der Waals surface area contributed by atoms with Crippen molar-refractivity contribution < 1.29 is 4.79 Å². The van der Waals surface area contributed by atoms with E-state index in [4.69, 9.17) is 0 Å². The Morgan fingerprint density at radius 1 is 1.36 bits per heavy atom. The number of nitrogens with one attached hydrogen (secondary N) is 2. The van der Waals surface area contributed by atoms with Crippen molar-refractivity contribution in [2.45, 2.75) is 19.9 Å². The number of nitrogens with zero attached hydrogens (tertiary/aromatic N) is 2. The maximum Gasteiger partial charge on any atom is 0.275 e. The molecule has 1 aliphatic heterocycles. The van der Waals surface area contributed by atoms with Crippen LogP contribution in [0.25, 0.3) is 10.9 Å². The Kier molecular flexibility index (Phi) is 3.07. The molecule has 22 heavy (non-hydrogen) atoms. The quantitative estimate of drug-likeness (QED) is 0.701. The molecule has 2 N–H and O–H groups in total. The Morgan fingerprint density at radius 2 is 2.18 bits per heavy atom. The van der Waals surface area contributed by atoms with Gasteiger partial charge < -0.3 is 9.88 Å². The monoisotopic (exact) mass is 358 g/mol. The van der Waals surface area contributed by atoms with Gasteiger partial charge in [-0.2, -0.15) is 5.10 Å². The van der Waals surface area contributed by atoms with Gasteiger partial charge in [-0.1, -0.05) is 18.2 Å². The van der Waals surface area contributed by atoms with Gasteiger partial charge >= 0.3 is 0 Å². The van der Waals surface area contributed by atoms with Gasteiger partial charge in [-0.15, -0.1) is 0 Å². The molecule has 4 rings (SSSR count). The second-order valence-electron chi connectivity index (χ2n) is 5.62. The summed E-state index contributed by atoms with van der Waals surface area (Å²) in [6, 6.07) is 8.24. The zero-order valence-electron chi connectivity index (χ0n) is 12.1. The average molecular weight is 359 g/mol. The Morgan fingerprint density at radius 3 is 2.95 bits per heavy atom. The fourth-order valence-electron chi connectivity index (χ4n) is 3.05. The van der Waals surface area contributed by atoms with Crippen molar-refractivity contribution in [2.24, 2.45) is 0 Å². The van der Waals surface area contributed by atoms with Crippen molar-refractivity contribution in [1.82, 2.24) is 20.1 Å². The zero-order chi connectivity index (χ0) is 15.3. The van der Waals surface area contributed by atoms with E-state index in [1.807, 2.05) is 24.0 Å². The van der Waals surface area contributed by atoms with Crippen LogP contribution in [-0.4, -0.2) is 32.5 Å². The first-order valence-electron chi connectivity index (χ1n) is 7.23. The maximum absolute atomic E-state index is 12.7. The number of aromatic amines is 2. The number of halogens is 1. The van der Waals surface area contributed by atoms with Crippen LogP contribution in [0.1, 0.15) is 27.4 Å². The fraction of sp³-hybridized carbons (Fsp3) is 0.250. The summed E-state index contributed by atoms with van der Waals surface area (Å²) in [4.78, 5) is 18.0. The van der Waals surface area contributed by atoms with Crippen LogP contribution >= 0.6 is 15.9 Å². The highest BCUT2D eigenvalue weighted by Crippen LogP contribution is 2.29. The minimum Gasteiger partial charge on any atom is -0.358 e. The van der Waals surface area contributed by atoms with Crippen LogP contribution in [0.5, 0.6) is 0 Å². The smallest absolute Gasteiger partial charge is 0.275 e. The summed E-state index contributed by atoms with van der Waals surface area (Å²) in [6.07, 6.45) is 0.844. The van der Waals surface area contributed by atoms with Crippen molar-refractivity contribution in [3.05, 3.63) is 51.4 Å². The lowest BCUT2D eigenvalue weighted by atomic mass is 10.0. The number of hydrogen-bond donors (Lipinski definition) is 2. The number of fused-ring (bicyclic) bond motifs is 3. The van der Waals surface area contributed by atoms with Crippen LogP contribution in [0.2, 0.25) is 0 Å². The van der Waals surface area contributed by atoms with Crippen LogP contribution < -0.4 is 0 Å². The van der Waals surface area contributed by atoms with Gasteiger partial charge in [-0.25, -0.2) is 0 Å². The predicted molar refractivity (Wildman–Crippen MR) is 87.8 cm³/mol. The van der Waals surface area contributed by atoms with Crippen LogP contribution in [0, 0.1) is 6.92 Å². The topological polar surface area (TPSA) is 64.8 Å². The number of benzene rings is 1. The molecule has 3 heterocycles. The molecule has 1 amide bonds. The molecule has 0 atom stereocenters. The highest BCUT2D eigenvalue weighted by Gasteiger charge is 2.27. The third-order valence-corrected chi connectivity index (χ3v) is 5.22. The summed E-state index contributed by atoms with van der Waals surface area (Å²) in [5.74, 6) is -0.0350. The van der Waals surface area contributed by atoms with Gasteiger partial charge in [0.25, 0.3) is 5.91 Å². The SMILES string of the molecule is Cc1[nH]nc(C(=O)N2CCc3[nH]c4ccccc4c3C2)c1Br. The first-order chi connectivity index (χ1) is 10.6. The van der Waals surface area contributed by atoms with Gasteiger partial charge in [0.05, 0.1) is 4.47 Å². The summed E-state index contributed by atoms with van der Waals surface area (Å²) in [5, 5.41) is 8.18. The van der Waals surface area contributed by atoms with Crippen LogP contribution in [0.15, 0.2) is 28.7 Å². The molecule has 0 saturated heterocycles. The largest absolute Gasteiger partial charge is 0.358 e. The summed E-state index contributed by atoms with van der Waals surface area (Å²) >= 11 is 3.43. The molecule has 5 nitrogen and oxygen atoms in total. The minimum absolute atomic E-state index is 0.0350. The van der Waals surface area contributed by atoms with Gasteiger partial charge in [-0.05, 0) is 28.9 Å². The molecule has 2 aromatic heterocycles.